The molecule has 22 heavy (non-hydrogen) atoms. The van der Waals surface area contributed by atoms with Gasteiger partial charge in [-0.05, 0) is 66.0 Å². The van der Waals surface area contributed by atoms with Crippen molar-refractivity contribution in [3.05, 3.63) is 41.4 Å². The van der Waals surface area contributed by atoms with Crippen LogP contribution in [0, 0.1) is 0 Å². The number of hydrogen-bond acceptors (Lipinski definition) is 3. The van der Waals surface area contributed by atoms with Gasteiger partial charge in [-0.15, -0.1) is 16.4 Å². The van der Waals surface area contributed by atoms with Crippen molar-refractivity contribution in [1.29, 1.82) is 0 Å². The van der Waals surface area contributed by atoms with Crippen molar-refractivity contribution in [3.8, 4) is 0 Å². The Hall–Kier alpha value is -0.450. The quantitative estimate of drug-likeness (QED) is 0.425. The zero-order valence-electron chi connectivity index (χ0n) is 10.5. The molecule has 3 rings (SSSR count). The SMILES string of the molecule is FC(F)(F)c1cc(Br)c2nnn(Cc3cc(Br)c(Br)s3)c2c1. The molecule has 0 amide bonds. The first-order valence-electron chi connectivity index (χ1n) is 5.79. The van der Waals surface area contributed by atoms with Crippen molar-refractivity contribution >= 4 is 70.2 Å². The van der Waals surface area contributed by atoms with Crippen molar-refractivity contribution in [3.63, 3.8) is 0 Å². The second kappa shape index (κ2) is 5.88. The minimum absolute atomic E-state index is 0.275. The lowest BCUT2D eigenvalue weighted by molar-refractivity contribution is -0.137. The zero-order chi connectivity index (χ0) is 16.1. The van der Waals surface area contributed by atoms with Gasteiger partial charge < -0.3 is 0 Å². The Morgan fingerprint density at radius 3 is 2.41 bits per heavy atom. The monoisotopic (exact) mass is 517 g/mol. The fourth-order valence-electron chi connectivity index (χ4n) is 1.92. The highest BCUT2D eigenvalue weighted by Crippen LogP contribution is 2.36. The van der Waals surface area contributed by atoms with Gasteiger partial charge in [0.2, 0.25) is 0 Å². The standard InChI is InChI=1S/C12H5Br3F3N3S/c13-7-1-5(12(16,17)18)2-9-10(7)19-20-21(9)4-6-3-8(14)11(15)22-6/h1-3H,4H2. The van der Waals surface area contributed by atoms with Crippen LogP contribution in [0.4, 0.5) is 13.2 Å². The fraction of sp³-hybridized carbons (Fsp3) is 0.167. The van der Waals surface area contributed by atoms with Gasteiger partial charge in [-0.1, -0.05) is 5.21 Å². The van der Waals surface area contributed by atoms with Gasteiger partial charge in [0.1, 0.15) is 5.52 Å². The van der Waals surface area contributed by atoms with E-state index in [0.717, 1.165) is 25.3 Å². The Bertz CT molecular complexity index is 837. The van der Waals surface area contributed by atoms with Crippen molar-refractivity contribution < 1.29 is 13.2 Å². The number of thiophene rings is 1. The molecule has 3 aromatic rings. The molecule has 0 atom stereocenters. The van der Waals surface area contributed by atoms with Crippen molar-refractivity contribution in [1.82, 2.24) is 15.0 Å². The van der Waals surface area contributed by atoms with E-state index in [1.807, 2.05) is 6.07 Å². The van der Waals surface area contributed by atoms with Gasteiger partial charge in [0, 0.05) is 13.8 Å². The van der Waals surface area contributed by atoms with Crippen molar-refractivity contribution in [2.75, 3.05) is 0 Å². The first-order valence-corrected chi connectivity index (χ1v) is 8.99. The molecule has 3 nitrogen and oxygen atoms in total. The normalized spacial score (nSPS) is 12.3. The molecular weight excluding hydrogens is 515 g/mol. The lowest BCUT2D eigenvalue weighted by atomic mass is 10.2. The van der Waals surface area contributed by atoms with Gasteiger partial charge in [0.25, 0.3) is 0 Å². The lowest BCUT2D eigenvalue weighted by Gasteiger charge is -2.08. The summed E-state index contributed by atoms with van der Waals surface area (Å²) < 4.78 is 42.4. The van der Waals surface area contributed by atoms with E-state index in [0.29, 0.717) is 17.6 Å². The molecule has 0 radical (unpaired) electrons. The smallest absolute Gasteiger partial charge is 0.239 e. The first-order chi connectivity index (χ1) is 10.3. The first kappa shape index (κ1) is 16.4. The molecular formula is C12H5Br3F3N3S. The summed E-state index contributed by atoms with van der Waals surface area (Å²) in [6, 6.07) is 3.97. The minimum atomic E-state index is -4.42. The minimum Gasteiger partial charge on any atom is -0.239 e. The van der Waals surface area contributed by atoms with Crippen LogP contribution in [0.25, 0.3) is 11.0 Å². The molecule has 0 unspecified atom stereocenters. The lowest BCUT2D eigenvalue weighted by Crippen LogP contribution is -2.06. The largest absolute Gasteiger partial charge is 0.416 e. The summed E-state index contributed by atoms with van der Waals surface area (Å²) in [5, 5.41) is 7.91. The molecule has 10 heteroatoms. The summed E-state index contributed by atoms with van der Waals surface area (Å²) in [4.78, 5) is 0.944. The summed E-state index contributed by atoms with van der Waals surface area (Å²) in [6.07, 6.45) is -4.42. The molecule has 1 aromatic carbocycles. The van der Waals surface area contributed by atoms with E-state index >= 15 is 0 Å². The maximum atomic E-state index is 12.9. The van der Waals surface area contributed by atoms with E-state index in [1.54, 1.807) is 0 Å². The van der Waals surface area contributed by atoms with Gasteiger partial charge >= 0.3 is 6.18 Å². The molecule has 0 saturated heterocycles. The summed E-state index contributed by atoms with van der Waals surface area (Å²) in [5.41, 5.74) is 0.00833. The van der Waals surface area contributed by atoms with Gasteiger partial charge in [-0.3, -0.25) is 0 Å². The number of alkyl halides is 3. The third-order valence-electron chi connectivity index (χ3n) is 2.90. The van der Waals surface area contributed by atoms with Crippen LogP contribution < -0.4 is 0 Å². The predicted octanol–water partition coefficient (Wildman–Crippen LogP) is 5.85. The van der Waals surface area contributed by atoms with E-state index in [2.05, 4.69) is 58.1 Å². The molecule has 0 aliphatic carbocycles. The molecule has 2 aromatic heterocycles. The number of nitrogens with zero attached hydrogens (tertiary/aromatic N) is 3. The number of benzene rings is 1. The molecule has 2 heterocycles. The Morgan fingerprint density at radius 1 is 1.09 bits per heavy atom. The second-order valence-corrected chi connectivity index (χ2v) is 8.57. The average Bonchev–Trinajstić information content (AvgIpc) is 2.94. The van der Waals surface area contributed by atoms with E-state index in [1.165, 1.54) is 16.0 Å². The maximum Gasteiger partial charge on any atom is 0.416 e. The second-order valence-electron chi connectivity index (χ2n) is 4.41. The molecule has 0 fully saturated rings. The number of rotatable bonds is 2. The van der Waals surface area contributed by atoms with Crippen molar-refractivity contribution in [2.45, 2.75) is 12.7 Å². The van der Waals surface area contributed by atoms with Crippen LogP contribution in [0.1, 0.15) is 10.4 Å². The Labute approximate surface area is 151 Å². The van der Waals surface area contributed by atoms with Gasteiger partial charge in [0.05, 0.1) is 21.4 Å². The molecule has 0 aliphatic rings. The Balaban J connectivity index is 2.08. The average molecular weight is 520 g/mol. The zero-order valence-corrected chi connectivity index (χ0v) is 16.0. The third-order valence-corrected chi connectivity index (χ3v) is 6.75. The summed E-state index contributed by atoms with van der Waals surface area (Å²) >= 11 is 11.4. The van der Waals surface area contributed by atoms with Crippen LogP contribution in [-0.4, -0.2) is 15.0 Å². The van der Waals surface area contributed by atoms with Crippen LogP contribution in [0.5, 0.6) is 0 Å². The van der Waals surface area contributed by atoms with E-state index in [-0.39, 0.29) is 4.47 Å². The highest BCUT2D eigenvalue weighted by molar-refractivity contribution is 9.13. The number of halogens is 6. The predicted molar refractivity (Wildman–Crippen MR) is 89.1 cm³/mol. The number of fused-ring (bicyclic) bond motifs is 1. The van der Waals surface area contributed by atoms with Gasteiger partial charge in [0.15, 0.2) is 0 Å². The molecule has 116 valence electrons. The topological polar surface area (TPSA) is 30.7 Å². The highest BCUT2D eigenvalue weighted by Gasteiger charge is 2.32. The van der Waals surface area contributed by atoms with Crippen LogP contribution >= 0.6 is 59.1 Å². The van der Waals surface area contributed by atoms with E-state index in [9.17, 15) is 13.2 Å². The molecule has 0 N–H and O–H groups in total. The molecule has 0 bridgehead atoms. The Kier molecular flexibility index (Phi) is 4.39. The highest BCUT2D eigenvalue weighted by atomic mass is 79.9. The van der Waals surface area contributed by atoms with Crippen LogP contribution in [0.3, 0.4) is 0 Å². The summed E-state index contributed by atoms with van der Waals surface area (Å²) in [5.74, 6) is 0. The fourth-order valence-corrected chi connectivity index (χ4v) is 4.61. The van der Waals surface area contributed by atoms with E-state index in [4.69, 9.17) is 0 Å². The van der Waals surface area contributed by atoms with Crippen LogP contribution in [0.15, 0.2) is 30.9 Å². The van der Waals surface area contributed by atoms with Crippen molar-refractivity contribution in [2.24, 2.45) is 0 Å². The maximum absolute atomic E-state index is 12.9. The van der Waals surface area contributed by atoms with Gasteiger partial charge in [-0.25, -0.2) is 4.68 Å². The number of hydrogen-bond donors (Lipinski definition) is 0. The number of aromatic nitrogens is 3. The summed E-state index contributed by atoms with van der Waals surface area (Å²) in [6.45, 7) is 0.346. The molecule has 0 aliphatic heterocycles. The Morgan fingerprint density at radius 2 is 1.82 bits per heavy atom. The van der Waals surface area contributed by atoms with Crippen LogP contribution in [0.2, 0.25) is 0 Å². The third kappa shape index (κ3) is 3.10. The summed E-state index contributed by atoms with van der Waals surface area (Å²) in [7, 11) is 0. The van der Waals surface area contributed by atoms with Gasteiger partial charge in [-0.2, -0.15) is 13.2 Å². The molecule has 0 saturated carbocycles. The molecule has 0 spiro atoms. The van der Waals surface area contributed by atoms with E-state index < -0.39 is 11.7 Å². The van der Waals surface area contributed by atoms with Crippen LogP contribution in [-0.2, 0) is 12.7 Å².